The summed E-state index contributed by atoms with van der Waals surface area (Å²) in [6.07, 6.45) is 5.61. The zero-order chi connectivity index (χ0) is 24.3. The number of anilines is 1. The Morgan fingerprint density at radius 3 is 2.29 bits per heavy atom. The number of rotatable bonds is 7. The lowest BCUT2D eigenvalue weighted by molar-refractivity contribution is 0.0193. The Labute approximate surface area is 209 Å². The van der Waals surface area contributed by atoms with Gasteiger partial charge < -0.3 is 14.5 Å². The summed E-state index contributed by atoms with van der Waals surface area (Å²) in [5.41, 5.74) is 2.65. The number of methoxy groups -OCH3 is 1. The van der Waals surface area contributed by atoms with Gasteiger partial charge in [0.15, 0.2) is 0 Å². The number of nitrogens with zero attached hydrogens (tertiary/aromatic N) is 4. The first-order valence-corrected chi connectivity index (χ1v) is 13.1. The van der Waals surface area contributed by atoms with Gasteiger partial charge in [-0.15, -0.1) is 0 Å². The molecule has 0 aromatic heterocycles. The van der Waals surface area contributed by atoms with Crippen LogP contribution in [0.25, 0.3) is 0 Å². The summed E-state index contributed by atoms with van der Waals surface area (Å²) < 4.78 is 5.92. The molecule has 1 unspecified atom stereocenters. The summed E-state index contributed by atoms with van der Waals surface area (Å²) in [5.74, 6) is 1.32. The first kappa shape index (κ1) is 23.9. The second-order valence-corrected chi connectivity index (χ2v) is 10.7. The number of likely N-dealkylation sites (tertiary alicyclic amines) is 1. The minimum absolute atomic E-state index is 0.177. The van der Waals surface area contributed by atoms with E-state index in [1.54, 1.807) is 0 Å². The summed E-state index contributed by atoms with van der Waals surface area (Å²) in [7, 11) is 1.82. The molecule has 2 saturated heterocycles. The van der Waals surface area contributed by atoms with Crippen LogP contribution >= 0.6 is 0 Å². The van der Waals surface area contributed by atoms with Gasteiger partial charge in [-0.1, -0.05) is 36.8 Å². The smallest absolute Gasteiger partial charge is 0.0991 e. The Morgan fingerprint density at radius 1 is 0.943 bits per heavy atom. The van der Waals surface area contributed by atoms with Crippen LogP contribution in [0.1, 0.15) is 43.2 Å². The molecule has 182 valence electrons. The largest absolute Gasteiger partial charge is 0.381 e. The maximum absolute atomic E-state index is 10.7. The second kappa shape index (κ2) is 10.4. The number of nitriles is 2. The molecule has 5 nitrogen and oxygen atoms in total. The van der Waals surface area contributed by atoms with E-state index in [0.29, 0.717) is 17.4 Å². The van der Waals surface area contributed by atoms with Gasteiger partial charge in [-0.05, 0) is 74.5 Å². The van der Waals surface area contributed by atoms with E-state index >= 15 is 0 Å². The third-order valence-electron chi connectivity index (χ3n) is 8.84. The van der Waals surface area contributed by atoms with Crippen LogP contribution in [0, 0.1) is 40.4 Å². The molecule has 1 saturated carbocycles. The van der Waals surface area contributed by atoms with Crippen LogP contribution < -0.4 is 4.90 Å². The highest BCUT2D eigenvalue weighted by Crippen LogP contribution is 2.50. The molecule has 2 heterocycles. The first-order valence-electron chi connectivity index (χ1n) is 13.1. The van der Waals surface area contributed by atoms with E-state index in [-0.39, 0.29) is 12.0 Å². The zero-order valence-electron chi connectivity index (χ0n) is 20.8. The Hall–Kier alpha value is -2.86. The molecule has 1 aliphatic carbocycles. The Balaban J connectivity index is 1.22. The van der Waals surface area contributed by atoms with Crippen LogP contribution in [0.4, 0.5) is 5.69 Å². The van der Waals surface area contributed by atoms with Crippen molar-refractivity contribution < 1.29 is 4.74 Å². The molecule has 5 rings (SSSR count). The summed E-state index contributed by atoms with van der Waals surface area (Å²) >= 11 is 0. The van der Waals surface area contributed by atoms with Crippen LogP contribution in [0.5, 0.6) is 0 Å². The van der Waals surface area contributed by atoms with Gasteiger partial charge in [-0.25, -0.2) is 0 Å². The third-order valence-corrected chi connectivity index (χ3v) is 8.84. The molecule has 2 aliphatic heterocycles. The zero-order valence-corrected chi connectivity index (χ0v) is 20.8. The summed E-state index contributed by atoms with van der Waals surface area (Å²) in [6, 6.07) is 23.6. The molecular formula is C30H36N4O. The van der Waals surface area contributed by atoms with E-state index in [4.69, 9.17) is 10.00 Å². The van der Waals surface area contributed by atoms with Gasteiger partial charge in [-0.3, -0.25) is 0 Å². The number of hydrogen-bond donors (Lipinski definition) is 0. The minimum atomic E-state index is -0.465. The minimum Gasteiger partial charge on any atom is -0.381 e. The number of hydrogen-bond acceptors (Lipinski definition) is 5. The van der Waals surface area contributed by atoms with Crippen molar-refractivity contribution in [1.29, 1.82) is 10.5 Å². The van der Waals surface area contributed by atoms with E-state index < -0.39 is 5.41 Å². The summed E-state index contributed by atoms with van der Waals surface area (Å²) in [5, 5.41) is 19.7. The molecule has 3 fully saturated rings. The SMILES string of the molecule is CO[C@H]1CCCC1[C@](C#N)(c1ccccc1)C1CCN(CC2CN(c3ccc(C#N)cc3)C2)CC1. The molecule has 35 heavy (non-hydrogen) atoms. The summed E-state index contributed by atoms with van der Waals surface area (Å²) in [4.78, 5) is 5.02. The van der Waals surface area contributed by atoms with Gasteiger partial charge in [0.25, 0.3) is 0 Å². The molecule has 3 atom stereocenters. The average Bonchev–Trinajstić information content (AvgIpc) is 3.38. The lowest BCUT2D eigenvalue weighted by Gasteiger charge is -2.48. The molecule has 0 amide bonds. The highest BCUT2D eigenvalue weighted by Gasteiger charge is 2.52. The van der Waals surface area contributed by atoms with E-state index in [1.165, 1.54) is 11.3 Å². The molecular weight excluding hydrogens is 432 g/mol. The van der Waals surface area contributed by atoms with Crippen LogP contribution in [0.15, 0.2) is 54.6 Å². The van der Waals surface area contributed by atoms with Gasteiger partial charge in [0.1, 0.15) is 0 Å². The molecule has 5 heteroatoms. The lowest BCUT2D eigenvalue weighted by atomic mass is 9.59. The van der Waals surface area contributed by atoms with Gasteiger partial charge in [-0.2, -0.15) is 10.5 Å². The fourth-order valence-electron chi connectivity index (χ4n) is 7.01. The first-order chi connectivity index (χ1) is 17.2. The van der Waals surface area contributed by atoms with Crippen molar-refractivity contribution in [3.63, 3.8) is 0 Å². The lowest BCUT2D eigenvalue weighted by Crippen LogP contribution is -2.54. The standard InChI is InChI=1S/C30H36N4O/c1-35-29-9-5-8-28(29)30(22-32,25-6-3-2-4-7-25)26-14-16-33(17-15-26)19-24-20-34(21-24)27-12-10-23(18-31)11-13-27/h2-4,6-7,10-13,24,26,28-29H,5,8-9,14-17,19-21H2,1H3/t28?,29-,30+/m0/s1. The molecule has 0 bridgehead atoms. The number of benzene rings is 2. The van der Waals surface area contributed by atoms with Crippen molar-refractivity contribution in [2.45, 2.75) is 43.6 Å². The summed E-state index contributed by atoms with van der Waals surface area (Å²) in [6.45, 7) is 5.43. The van der Waals surface area contributed by atoms with Crippen molar-refractivity contribution in [2.24, 2.45) is 17.8 Å². The van der Waals surface area contributed by atoms with E-state index in [2.05, 4.69) is 64.4 Å². The van der Waals surface area contributed by atoms with Gasteiger partial charge in [0.2, 0.25) is 0 Å². The monoisotopic (exact) mass is 468 g/mol. The number of ether oxygens (including phenoxy) is 1. The van der Waals surface area contributed by atoms with E-state index in [9.17, 15) is 5.26 Å². The van der Waals surface area contributed by atoms with Crippen molar-refractivity contribution in [3.8, 4) is 12.1 Å². The van der Waals surface area contributed by atoms with Gasteiger partial charge in [0, 0.05) is 44.3 Å². The number of piperidine rings is 1. The predicted octanol–water partition coefficient (Wildman–Crippen LogP) is 4.98. The molecule has 3 aliphatic rings. The maximum atomic E-state index is 10.7. The Kier molecular flexibility index (Phi) is 7.09. The third kappa shape index (κ3) is 4.56. The van der Waals surface area contributed by atoms with Gasteiger partial charge >= 0.3 is 0 Å². The molecule has 2 aromatic carbocycles. The molecule has 0 spiro atoms. The molecule has 0 radical (unpaired) electrons. The predicted molar refractivity (Wildman–Crippen MR) is 138 cm³/mol. The van der Waals surface area contributed by atoms with Gasteiger partial charge in [0.05, 0.1) is 29.2 Å². The maximum Gasteiger partial charge on any atom is 0.0991 e. The average molecular weight is 469 g/mol. The van der Waals surface area contributed by atoms with Crippen LogP contribution in [0.2, 0.25) is 0 Å². The Bertz CT molecular complexity index is 1060. The fourth-order valence-corrected chi connectivity index (χ4v) is 7.01. The van der Waals surface area contributed by atoms with Crippen LogP contribution in [-0.4, -0.2) is 50.8 Å². The quantitative estimate of drug-likeness (QED) is 0.573. The van der Waals surface area contributed by atoms with Crippen molar-refractivity contribution in [1.82, 2.24) is 4.90 Å². The van der Waals surface area contributed by atoms with Crippen molar-refractivity contribution in [3.05, 3.63) is 65.7 Å². The van der Waals surface area contributed by atoms with E-state index in [1.807, 2.05) is 19.2 Å². The van der Waals surface area contributed by atoms with Crippen LogP contribution in [0.3, 0.4) is 0 Å². The van der Waals surface area contributed by atoms with E-state index in [0.717, 1.165) is 64.8 Å². The molecule has 0 N–H and O–H groups in total. The van der Waals surface area contributed by atoms with Crippen LogP contribution in [-0.2, 0) is 10.2 Å². The highest BCUT2D eigenvalue weighted by molar-refractivity contribution is 5.51. The fraction of sp³-hybridized carbons (Fsp3) is 0.533. The topological polar surface area (TPSA) is 63.3 Å². The molecule has 2 aromatic rings. The van der Waals surface area contributed by atoms with Crippen molar-refractivity contribution >= 4 is 5.69 Å². The highest BCUT2D eigenvalue weighted by atomic mass is 16.5. The second-order valence-electron chi connectivity index (χ2n) is 10.7. The van der Waals surface area contributed by atoms with Crippen molar-refractivity contribution in [2.75, 3.05) is 44.7 Å². The normalized spacial score (nSPS) is 25.4. The Morgan fingerprint density at radius 2 is 1.66 bits per heavy atom.